The first-order chi connectivity index (χ1) is 15.9. The van der Waals surface area contributed by atoms with Gasteiger partial charge in [0.05, 0.1) is 16.7 Å². The van der Waals surface area contributed by atoms with Gasteiger partial charge in [-0.15, -0.1) is 0 Å². The highest BCUT2D eigenvalue weighted by Gasteiger charge is 2.42. The van der Waals surface area contributed by atoms with Crippen LogP contribution in [-0.4, -0.2) is 52.0 Å². The zero-order valence-corrected chi connectivity index (χ0v) is 18.0. The van der Waals surface area contributed by atoms with Gasteiger partial charge in [-0.2, -0.15) is 15.4 Å². The predicted molar refractivity (Wildman–Crippen MR) is 117 cm³/mol. The third-order valence-electron chi connectivity index (χ3n) is 6.21. The number of hydrazone groups is 1. The molecular formula is C23H21N5O5. The minimum atomic E-state index is -1.25. The Morgan fingerprint density at radius 1 is 1.18 bits per heavy atom. The van der Waals surface area contributed by atoms with Crippen molar-refractivity contribution in [2.24, 2.45) is 5.10 Å². The summed E-state index contributed by atoms with van der Waals surface area (Å²) < 4.78 is 11.1. The molecule has 0 saturated carbocycles. The summed E-state index contributed by atoms with van der Waals surface area (Å²) in [6.07, 6.45) is 2.04. The lowest BCUT2D eigenvalue weighted by atomic mass is 9.89. The van der Waals surface area contributed by atoms with Crippen LogP contribution < -0.4 is 9.47 Å². The largest absolute Gasteiger partial charge is 0.454 e. The van der Waals surface area contributed by atoms with Crippen molar-refractivity contribution in [3.8, 4) is 17.6 Å². The molecule has 0 bridgehead atoms. The average Bonchev–Trinajstić information content (AvgIpc) is 3.49. The van der Waals surface area contributed by atoms with Gasteiger partial charge in [-0.1, -0.05) is 0 Å². The number of nitriles is 1. The second-order valence-electron chi connectivity index (χ2n) is 8.47. The lowest BCUT2D eigenvalue weighted by Gasteiger charge is -2.33. The number of amides is 2. The van der Waals surface area contributed by atoms with Crippen LogP contribution in [0.4, 0.5) is 10.5 Å². The molecule has 10 heteroatoms. The van der Waals surface area contributed by atoms with Crippen LogP contribution in [0.5, 0.6) is 11.5 Å². The van der Waals surface area contributed by atoms with Crippen molar-refractivity contribution in [3.05, 3.63) is 63.2 Å². The molecule has 5 rings (SSSR count). The monoisotopic (exact) mass is 447 g/mol. The number of rotatable bonds is 2. The van der Waals surface area contributed by atoms with Crippen LogP contribution in [-0.2, 0) is 6.42 Å². The van der Waals surface area contributed by atoms with E-state index in [1.54, 1.807) is 30.0 Å². The molecule has 0 N–H and O–H groups in total. The molecule has 3 aliphatic rings. The molecule has 2 aromatic rings. The third kappa shape index (κ3) is 3.51. The molecule has 0 aliphatic carbocycles. The smallest absolute Gasteiger partial charge is 0.341 e. The maximum absolute atomic E-state index is 13.5. The highest BCUT2D eigenvalue weighted by Crippen LogP contribution is 2.39. The molecule has 3 heterocycles. The number of carbonyl (C=O) groups excluding carboxylic acids is 1. The Hall–Kier alpha value is -4.13. The Morgan fingerprint density at radius 3 is 2.48 bits per heavy atom. The summed E-state index contributed by atoms with van der Waals surface area (Å²) >= 11 is 0. The highest BCUT2D eigenvalue weighted by molar-refractivity contribution is 6.14. The van der Waals surface area contributed by atoms with Crippen LogP contribution >= 0.6 is 0 Å². The second kappa shape index (κ2) is 7.78. The molecule has 0 spiro atoms. The number of benzene rings is 2. The zero-order valence-electron chi connectivity index (χ0n) is 18.0. The average molecular weight is 447 g/mol. The van der Waals surface area contributed by atoms with Gasteiger partial charge < -0.3 is 14.4 Å². The quantitative estimate of drug-likeness (QED) is 0.514. The highest BCUT2D eigenvalue weighted by atomic mass is 16.7. The number of urea groups is 1. The minimum absolute atomic E-state index is 0.0502. The molecular weight excluding hydrogens is 426 g/mol. The molecule has 0 radical (unpaired) electrons. The molecule has 2 amide bonds. The van der Waals surface area contributed by atoms with Crippen LogP contribution in [0.25, 0.3) is 0 Å². The Labute approximate surface area is 189 Å². The first-order valence-corrected chi connectivity index (χ1v) is 10.7. The van der Waals surface area contributed by atoms with Gasteiger partial charge in [-0.25, -0.2) is 4.79 Å². The summed E-state index contributed by atoms with van der Waals surface area (Å²) in [6.45, 7) is 3.01. The summed E-state index contributed by atoms with van der Waals surface area (Å²) in [5.74, 6) is 1.11. The van der Waals surface area contributed by atoms with Crippen molar-refractivity contribution in [3.63, 3.8) is 0 Å². The molecule has 10 nitrogen and oxygen atoms in total. The van der Waals surface area contributed by atoms with E-state index in [1.165, 1.54) is 17.1 Å². The first kappa shape index (κ1) is 20.8. The van der Waals surface area contributed by atoms with Crippen molar-refractivity contribution >= 4 is 17.4 Å². The SMILES string of the molecule is CC1(C#N)Cc2cc3c(cc2C(c2ccc([N+](=O)[O-])cc2)=NN1C(=O)N1CCCC1)OCO3. The molecule has 1 fully saturated rings. The van der Waals surface area contributed by atoms with E-state index >= 15 is 0 Å². The van der Waals surface area contributed by atoms with Crippen molar-refractivity contribution in [1.29, 1.82) is 5.26 Å². The van der Waals surface area contributed by atoms with Crippen LogP contribution in [0.2, 0.25) is 0 Å². The standard InChI is InChI=1S/C23H21N5O5/c1-23(13-24)12-16-10-19-20(33-14-32-19)11-18(16)21(15-4-6-17(7-5-15)28(30)31)25-27(23)22(29)26-8-2-3-9-26/h4-7,10-11H,2-3,8-9,12,14H2,1H3. The van der Waals surface area contributed by atoms with E-state index in [2.05, 4.69) is 6.07 Å². The molecule has 1 saturated heterocycles. The van der Waals surface area contributed by atoms with E-state index in [9.17, 15) is 20.2 Å². The number of non-ortho nitro benzene ring substituents is 1. The van der Waals surface area contributed by atoms with Gasteiger partial charge in [0.1, 0.15) is 0 Å². The number of nitro benzene ring substituents is 1. The van der Waals surface area contributed by atoms with E-state index in [1.807, 2.05) is 6.07 Å². The van der Waals surface area contributed by atoms with E-state index in [4.69, 9.17) is 14.6 Å². The third-order valence-corrected chi connectivity index (χ3v) is 6.21. The summed E-state index contributed by atoms with van der Waals surface area (Å²) in [5.41, 5.74) is 1.19. The molecule has 1 atom stereocenters. The fourth-order valence-corrected chi connectivity index (χ4v) is 4.40. The van der Waals surface area contributed by atoms with Crippen LogP contribution in [0.3, 0.4) is 0 Å². The van der Waals surface area contributed by atoms with Crippen molar-refractivity contribution < 1.29 is 19.2 Å². The topological polar surface area (TPSA) is 121 Å². The van der Waals surface area contributed by atoms with Crippen molar-refractivity contribution in [2.75, 3.05) is 19.9 Å². The van der Waals surface area contributed by atoms with Gasteiger partial charge in [0.15, 0.2) is 17.0 Å². The predicted octanol–water partition coefficient (Wildman–Crippen LogP) is 3.43. The number of fused-ring (bicyclic) bond motifs is 2. The molecule has 0 aromatic heterocycles. The number of nitro groups is 1. The second-order valence-corrected chi connectivity index (χ2v) is 8.47. The number of ether oxygens (including phenoxy) is 2. The van der Waals surface area contributed by atoms with Crippen molar-refractivity contribution in [2.45, 2.75) is 31.7 Å². The van der Waals surface area contributed by atoms with Gasteiger partial charge >= 0.3 is 6.03 Å². The van der Waals surface area contributed by atoms with Crippen LogP contribution in [0.15, 0.2) is 41.5 Å². The maximum atomic E-state index is 13.5. The Bertz CT molecular complexity index is 1210. The van der Waals surface area contributed by atoms with Gasteiger partial charge in [0, 0.05) is 42.8 Å². The van der Waals surface area contributed by atoms with E-state index < -0.39 is 10.5 Å². The molecule has 2 aromatic carbocycles. The number of likely N-dealkylation sites (tertiary alicyclic amines) is 1. The van der Waals surface area contributed by atoms with Gasteiger partial charge in [-0.3, -0.25) is 10.1 Å². The Balaban J connectivity index is 1.69. The Morgan fingerprint density at radius 2 is 1.85 bits per heavy atom. The Kier molecular flexibility index (Phi) is 4.89. The fourth-order valence-electron chi connectivity index (χ4n) is 4.40. The molecule has 1 unspecified atom stereocenters. The number of hydrogen-bond donors (Lipinski definition) is 0. The maximum Gasteiger partial charge on any atom is 0.341 e. The van der Waals surface area contributed by atoms with Gasteiger partial charge in [0.25, 0.3) is 5.69 Å². The van der Waals surface area contributed by atoms with Crippen LogP contribution in [0.1, 0.15) is 36.5 Å². The summed E-state index contributed by atoms with van der Waals surface area (Å²) in [5, 5.41) is 27.3. The summed E-state index contributed by atoms with van der Waals surface area (Å²) in [4.78, 5) is 25.8. The number of hydrogen-bond acceptors (Lipinski definition) is 7. The lowest BCUT2D eigenvalue weighted by Crippen LogP contribution is -2.51. The normalized spacial score (nSPS) is 21.2. The molecule has 33 heavy (non-hydrogen) atoms. The molecule has 3 aliphatic heterocycles. The summed E-state index contributed by atoms with van der Waals surface area (Å²) in [6, 6.07) is 11.5. The molecule has 168 valence electrons. The van der Waals surface area contributed by atoms with Crippen LogP contribution in [0, 0.1) is 21.4 Å². The summed E-state index contributed by atoms with van der Waals surface area (Å²) in [7, 11) is 0. The van der Waals surface area contributed by atoms with Crippen molar-refractivity contribution in [1.82, 2.24) is 9.91 Å². The van der Waals surface area contributed by atoms with Gasteiger partial charge in [0.2, 0.25) is 6.79 Å². The van der Waals surface area contributed by atoms with E-state index in [0.29, 0.717) is 41.4 Å². The lowest BCUT2D eigenvalue weighted by molar-refractivity contribution is -0.384. The number of carbonyl (C=O) groups is 1. The first-order valence-electron chi connectivity index (χ1n) is 10.7. The van der Waals surface area contributed by atoms with E-state index in [-0.39, 0.29) is 24.9 Å². The minimum Gasteiger partial charge on any atom is -0.454 e. The van der Waals surface area contributed by atoms with Gasteiger partial charge in [-0.05, 0) is 49.6 Å². The number of nitrogens with zero attached hydrogens (tertiary/aromatic N) is 5. The fraction of sp³-hybridized carbons (Fsp3) is 0.348. The zero-order chi connectivity index (χ0) is 23.2. The van der Waals surface area contributed by atoms with E-state index in [0.717, 1.165) is 18.4 Å².